The third kappa shape index (κ3) is 10.9. The van der Waals surface area contributed by atoms with Crippen molar-refractivity contribution in [3.63, 3.8) is 0 Å². The largest absolute Gasteiger partial charge is 0.494 e. The number of hydrogen-bond donors (Lipinski definition) is 0. The van der Waals surface area contributed by atoms with Crippen LogP contribution in [0.3, 0.4) is 0 Å². The van der Waals surface area contributed by atoms with E-state index >= 15 is 0 Å². The maximum absolute atomic E-state index is 12.9. The number of benzene rings is 4. The SMILES string of the molecule is CCCCCCCCCCCCOc1ccc(-n2cc(-c3ccc(C(=O)Oc4ccc(OC(=O)c5ccc(C6C=CC=C6)cc5)cc4)cc3)nn2)cc1. The van der Waals surface area contributed by atoms with Crippen LogP contribution >= 0.6 is 0 Å². The van der Waals surface area contributed by atoms with Crippen LogP contribution in [0.2, 0.25) is 0 Å². The summed E-state index contributed by atoms with van der Waals surface area (Å²) >= 11 is 0. The van der Waals surface area contributed by atoms with Crippen LogP contribution in [0.1, 0.15) is 103 Å². The molecular weight excluding hydrogens is 663 g/mol. The van der Waals surface area contributed by atoms with Crippen molar-refractivity contribution in [1.82, 2.24) is 15.0 Å². The summed E-state index contributed by atoms with van der Waals surface area (Å²) in [4.78, 5) is 25.5. The van der Waals surface area contributed by atoms with E-state index in [1.54, 1.807) is 53.2 Å². The number of carbonyl (C=O) groups is 2. The minimum absolute atomic E-state index is 0.231. The third-order valence-corrected chi connectivity index (χ3v) is 9.30. The number of allylic oxidation sites excluding steroid dienone is 4. The second-order valence-electron chi connectivity index (χ2n) is 13.3. The first-order valence-corrected chi connectivity index (χ1v) is 18.8. The van der Waals surface area contributed by atoms with Crippen molar-refractivity contribution in [1.29, 1.82) is 0 Å². The highest BCUT2D eigenvalue weighted by molar-refractivity contribution is 5.92. The predicted octanol–water partition coefficient (Wildman–Crippen LogP) is 10.9. The quantitative estimate of drug-likeness (QED) is 0.0479. The molecule has 5 aromatic rings. The topological polar surface area (TPSA) is 92.5 Å². The van der Waals surface area contributed by atoms with Gasteiger partial charge in [0.25, 0.3) is 0 Å². The van der Waals surface area contributed by atoms with Gasteiger partial charge in [0.1, 0.15) is 22.9 Å². The minimum atomic E-state index is -0.507. The molecule has 8 nitrogen and oxygen atoms in total. The third-order valence-electron chi connectivity index (χ3n) is 9.30. The monoisotopic (exact) mass is 709 g/mol. The smallest absolute Gasteiger partial charge is 0.343 e. The van der Waals surface area contributed by atoms with E-state index in [-0.39, 0.29) is 5.92 Å². The molecule has 0 amide bonds. The Morgan fingerprint density at radius 1 is 0.604 bits per heavy atom. The van der Waals surface area contributed by atoms with E-state index in [2.05, 4.69) is 29.4 Å². The molecule has 0 N–H and O–H groups in total. The molecule has 6 rings (SSSR count). The van der Waals surface area contributed by atoms with E-state index in [9.17, 15) is 9.59 Å². The van der Waals surface area contributed by atoms with Gasteiger partial charge >= 0.3 is 11.9 Å². The normalized spacial score (nSPS) is 12.2. The molecule has 1 heterocycles. The average Bonchev–Trinajstić information content (AvgIpc) is 3.92. The zero-order chi connectivity index (χ0) is 36.7. The van der Waals surface area contributed by atoms with Crippen LogP contribution in [0.25, 0.3) is 16.9 Å². The number of ether oxygens (including phenoxy) is 3. The molecule has 53 heavy (non-hydrogen) atoms. The van der Waals surface area contributed by atoms with Crippen molar-refractivity contribution in [3.8, 4) is 34.2 Å². The Labute approximate surface area is 312 Å². The van der Waals surface area contributed by atoms with Gasteiger partial charge in [-0.25, -0.2) is 14.3 Å². The predicted molar refractivity (Wildman–Crippen MR) is 208 cm³/mol. The number of esters is 2. The molecule has 0 saturated carbocycles. The van der Waals surface area contributed by atoms with E-state index < -0.39 is 11.9 Å². The Kier molecular flexibility index (Phi) is 13.4. The fourth-order valence-corrected chi connectivity index (χ4v) is 6.18. The van der Waals surface area contributed by atoms with Crippen LogP contribution < -0.4 is 14.2 Å². The molecule has 0 fully saturated rings. The Bertz CT molecular complexity index is 1950. The van der Waals surface area contributed by atoms with Crippen molar-refractivity contribution in [2.45, 2.75) is 77.0 Å². The van der Waals surface area contributed by atoms with Gasteiger partial charge in [-0.05, 0) is 84.8 Å². The Morgan fingerprint density at radius 3 is 1.68 bits per heavy atom. The molecule has 1 aliphatic carbocycles. The van der Waals surface area contributed by atoms with Gasteiger partial charge in [0.05, 0.1) is 29.6 Å². The second-order valence-corrected chi connectivity index (χ2v) is 13.3. The van der Waals surface area contributed by atoms with Crippen LogP contribution in [-0.4, -0.2) is 33.5 Å². The first-order chi connectivity index (χ1) is 26.1. The molecule has 1 aliphatic rings. The number of unbranched alkanes of at least 4 members (excludes halogenated alkanes) is 9. The molecule has 272 valence electrons. The molecule has 0 bridgehead atoms. The summed E-state index contributed by atoms with van der Waals surface area (Å²) in [5, 5.41) is 8.63. The lowest BCUT2D eigenvalue weighted by molar-refractivity contribution is 0.0719. The van der Waals surface area contributed by atoms with Gasteiger partial charge in [0.2, 0.25) is 0 Å². The number of hydrogen-bond acceptors (Lipinski definition) is 7. The number of aromatic nitrogens is 3. The van der Waals surface area contributed by atoms with Gasteiger partial charge in [0, 0.05) is 11.5 Å². The van der Waals surface area contributed by atoms with E-state index in [0.29, 0.717) is 28.3 Å². The van der Waals surface area contributed by atoms with Crippen LogP contribution in [0, 0.1) is 0 Å². The van der Waals surface area contributed by atoms with Crippen molar-refractivity contribution < 1.29 is 23.8 Å². The standard InChI is InChI=1S/C45H47N3O5/c1-2-3-4-5-6-7-8-9-10-13-32-51-40-26-24-39(25-27-40)48-33-43(46-47-48)36-18-22-38(23-19-36)45(50)53-42-30-28-41(29-31-42)52-44(49)37-20-16-35(17-21-37)34-14-11-12-15-34/h11-12,14-31,33-34H,2-10,13,32H2,1H3. The summed E-state index contributed by atoms with van der Waals surface area (Å²) in [6.45, 7) is 2.99. The van der Waals surface area contributed by atoms with Crippen LogP contribution in [0.4, 0.5) is 0 Å². The van der Waals surface area contributed by atoms with E-state index in [4.69, 9.17) is 14.2 Å². The molecular formula is C45H47N3O5. The fourth-order valence-electron chi connectivity index (χ4n) is 6.18. The molecule has 0 unspecified atom stereocenters. The summed E-state index contributed by atoms with van der Waals surface area (Å²) in [6.07, 6.45) is 23.1. The highest BCUT2D eigenvalue weighted by Gasteiger charge is 2.14. The van der Waals surface area contributed by atoms with Gasteiger partial charge in [-0.1, -0.05) is 118 Å². The molecule has 0 aliphatic heterocycles. The first-order valence-electron chi connectivity index (χ1n) is 18.8. The number of nitrogens with zero attached hydrogens (tertiary/aromatic N) is 3. The van der Waals surface area contributed by atoms with Crippen molar-refractivity contribution in [2.24, 2.45) is 0 Å². The van der Waals surface area contributed by atoms with Gasteiger partial charge in [0.15, 0.2) is 0 Å². The lowest BCUT2D eigenvalue weighted by Gasteiger charge is -2.09. The van der Waals surface area contributed by atoms with Crippen LogP contribution in [0.15, 0.2) is 128 Å². The van der Waals surface area contributed by atoms with E-state index in [1.165, 1.54) is 57.8 Å². The molecule has 0 atom stereocenters. The molecule has 4 aromatic carbocycles. The maximum atomic E-state index is 12.9. The van der Waals surface area contributed by atoms with Gasteiger partial charge in [-0.3, -0.25) is 0 Å². The van der Waals surface area contributed by atoms with E-state index in [1.807, 2.05) is 66.9 Å². The summed E-state index contributed by atoms with van der Waals surface area (Å²) < 4.78 is 18.7. The Hall–Kier alpha value is -5.76. The van der Waals surface area contributed by atoms with E-state index in [0.717, 1.165) is 35.6 Å². The molecule has 8 heteroatoms. The Balaban J connectivity index is 0.922. The molecule has 1 aromatic heterocycles. The lowest BCUT2D eigenvalue weighted by Crippen LogP contribution is -2.09. The molecule has 0 saturated heterocycles. The van der Waals surface area contributed by atoms with Gasteiger partial charge in [-0.2, -0.15) is 0 Å². The van der Waals surface area contributed by atoms with Crippen molar-refractivity contribution >= 4 is 11.9 Å². The Morgan fingerprint density at radius 2 is 1.11 bits per heavy atom. The first kappa shape index (κ1) is 37.0. The van der Waals surface area contributed by atoms with Crippen LogP contribution in [-0.2, 0) is 0 Å². The van der Waals surface area contributed by atoms with Crippen LogP contribution in [0.5, 0.6) is 17.2 Å². The summed E-state index contributed by atoms with van der Waals surface area (Å²) in [7, 11) is 0. The minimum Gasteiger partial charge on any atom is -0.494 e. The van der Waals surface area contributed by atoms with Crippen molar-refractivity contribution in [3.05, 3.63) is 144 Å². The van der Waals surface area contributed by atoms with Gasteiger partial charge in [-0.15, -0.1) is 5.10 Å². The highest BCUT2D eigenvalue weighted by Crippen LogP contribution is 2.25. The zero-order valence-electron chi connectivity index (χ0n) is 30.4. The second kappa shape index (κ2) is 19.2. The lowest BCUT2D eigenvalue weighted by atomic mass is 10.00. The zero-order valence-corrected chi connectivity index (χ0v) is 30.4. The fraction of sp³-hybridized carbons (Fsp3) is 0.289. The number of rotatable bonds is 19. The summed E-state index contributed by atoms with van der Waals surface area (Å²) in [6, 6.07) is 28.6. The summed E-state index contributed by atoms with van der Waals surface area (Å²) in [5.41, 5.74) is 4.32. The average molecular weight is 710 g/mol. The molecule has 0 spiro atoms. The summed E-state index contributed by atoms with van der Waals surface area (Å²) in [5.74, 6) is 0.790. The number of carbonyl (C=O) groups excluding carboxylic acids is 2. The maximum Gasteiger partial charge on any atom is 0.343 e. The molecule has 0 radical (unpaired) electrons. The van der Waals surface area contributed by atoms with Gasteiger partial charge < -0.3 is 14.2 Å². The highest BCUT2D eigenvalue weighted by atomic mass is 16.5. The van der Waals surface area contributed by atoms with Crippen molar-refractivity contribution in [2.75, 3.05) is 6.61 Å².